The Kier molecular flexibility index (Phi) is 2.85. The summed E-state index contributed by atoms with van der Waals surface area (Å²) in [7, 11) is 0. The predicted molar refractivity (Wildman–Crippen MR) is 73.1 cm³/mol. The van der Waals surface area contributed by atoms with Gasteiger partial charge in [-0.2, -0.15) is 0 Å². The summed E-state index contributed by atoms with van der Waals surface area (Å²) in [4.78, 5) is 23.1. The monoisotopic (exact) mass is 272 g/mol. The SMILES string of the molecule is Cc1nc2c(nc(C)n2Cc2ccc(F)cc2)c(=O)[nH]1. The van der Waals surface area contributed by atoms with Gasteiger partial charge in [-0.3, -0.25) is 4.79 Å². The Balaban J connectivity index is 2.13. The minimum absolute atomic E-state index is 0.242. The average Bonchev–Trinajstić information content (AvgIpc) is 2.70. The summed E-state index contributed by atoms with van der Waals surface area (Å²) >= 11 is 0. The van der Waals surface area contributed by atoms with Gasteiger partial charge < -0.3 is 9.55 Å². The molecule has 0 radical (unpaired) electrons. The second-order valence-electron chi connectivity index (χ2n) is 4.70. The van der Waals surface area contributed by atoms with Gasteiger partial charge in [0.1, 0.15) is 17.5 Å². The molecule has 0 saturated heterocycles. The van der Waals surface area contributed by atoms with Crippen molar-refractivity contribution in [3.63, 3.8) is 0 Å². The molecule has 1 aromatic carbocycles. The number of hydrogen-bond donors (Lipinski definition) is 1. The van der Waals surface area contributed by atoms with E-state index in [1.807, 2.05) is 11.5 Å². The maximum absolute atomic E-state index is 12.9. The first-order chi connectivity index (χ1) is 9.54. The summed E-state index contributed by atoms with van der Waals surface area (Å²) in [5.41, 5.74) is 1.56. The quantitative estimate of drug-likeness (QED) is 0.775. The molecule has 3 aromatic rings. The molecule has 102 valence electrons. The molecular weight excluding hydrogens is 259 g/mol. The van der Waals surface area contributed by atoms with Crippen LogP contribution >= 0.6 is 0 Å². The molecule has 6 heteroatoms. The number of benzene rings is 1. The van der Waals surface area contributed by atoms with Gasteiger partial charge in [-0.25, -0.2) is 14.4 Å². The van der Waals surface area contributed by atoms with Gasteiger partial charge in [0.15, 0.2) is 11.2 Å². The van der Waals surface area contributed by atoms with Crippen molar-refractivity contribution in [2.45, 2.75) is 20.4 Å². The molecule has 0 fully saturated rings. The Labute approximate surface area is 114 Å². The van der Waals surface area contributed by atoms with Crippen LogP contribution in [-0.2, 0) is 6.54 Å². The summed E-state index contributed by atoms with van der Waals surface area (Å²) in [6.45, 7) is 4.05. The maximum atomic E-state index is 12.9. The van der Waals surface area contributed by atoms with Crippen LogP contribution in [0.15, 0.2) is 29.1 Å². The fourth-order valence-corrected chi connectivity index (χ4v) is 2.19. The number of aryl methyl sites for hydroxylation is 2. The van der Waals surface area contributed by atoms with E-state index in [0.717, 1.165) is 5.56 Å². The van der Waals surface area contributed by atoms with Crippen LogP contribution in [0.2, 0.25) is 0 Å². The van der Waals surface area contributed by atoms with Crippen molar-refractivity contribution in [1.82, 2.24) is 19.5 Å². The van der Waals surface area contributed by atoms with Gasteiger partial charge in [0.2, 0.25) is 0 Å². The zero-order valence-electron chi connectivity index (χ0n) is 11.1. The topological polar surface area (TPSA) is 63.6 Å². The van der Waals surface area contributed by atoms with Crippen molar-refractivity contribution in [2.24, 2.45) is 0 Å². The van der Waals surface area contributed by atoms with Crippen LogP contribution in [0.3, 0.4) is 0 Å². The van der Waals surface area contributed by atoms with Gasteiger partial charge in [0.05, 0.1) is 6.54 Å². The number of halogens is 1. The van der Waals surface area contributed by atoms with Crippen molar-refractivity contribution in [3.05, 3.63) is 57.6 Å². The van der Waals surface area contributed by atoms with Gasteiger partial charge >= 0.3 is 0 Å². The number of nitrogens with zero attached hydrogens (tertiary/aromatic N) is 3. The van der Waals surface area contributed by atoms with E-state index in [1.54, 1.807) is 19.1 Å². The van der Waals surface area contributed by atoms with E-state index in [1.165, 1.54) is 12.1 Å². The Hall–Kier alpha value is -2.50. The van der Waals surface area contributed by atoms with Crippen molar-refractivity contribution in [1.29, 1.82) is 0 Å². The largest absolute Gasteiger partial charge is 0.309 e. The summed E-state index contributed by atoms with van der Waals surface area (Å²) in [5, 5.41) is 0. The Morgan fingerprint density at radius 1 is 1.20 bits per heavy atom. The predicted octanol–water partition coefficient (Wildman–Crippen LogP) is 1.92. The molecule has 0 unspecified atom stereocenters. The molecule has 0 aliphatic heterocycles. The lowest BCUT2D eigenvalue weighted by molar-refractivity contribution is 0.626. The molecule has 1 N–H and O–H groups in total. The van der Waals surface area contributed by atoms with E-state index in [-0.39, 0.29) is 11.4 Å². The van der Waals surface area contributed by atoms with Crippen LogP contribution in [0.5, 0.6) is 0 Å². The van der Waals surface area contributed by atoms with Gasteiger partial charge in [-0.05, 0) is 31.5 Å². The first-order valence-electron chi connectivity index (χ1n) is 6.23. The Morgan fingerprint density at radius 2 is 1.90 bits per heavy atom. The third-order valence-electron chi connectivity index (χ3n) is 3.17. The number of nitrogens with one attached hydrogen (secondary N) is 1. The third kappa shape index (κ3) is 2.09. The fraction of sp³-hybridized carbons (Fsp3) is 0.214. The third-order valence-corrected chi connectivity index (χ3v) is 3.17. The van der Waals surface area contributed by atoms with E-state index in [9.17, 15) is 9.18 Å². The molecule has 0 aliphatic rings. The Morgan fingerprint density at radius 3 is 2.60 bits per heavy atom. The zero-order valence-corrected chi connectivity index (χ0v) is 11.1. The second-order valence-corrected chi connectivity index (χ2v) is 4.70. The number of fused-ring (bicyclic) bond motifs is 1. The fourth-order valence-electron chi connectivity index (χ4n) is 2.19. The average molecular weight is 272 g/mol. The van der Waals surface area contributed by atoms with Crippen LogP contribution in [-0.4, -0.2) is 19.5 Å². The molecule has 3 rings (SSSR count). The number of rotatable bonds is 2. The molecule has 0 spiro atoms. The summed E-state index contributed by atoms with van der Waals surface area (Å²) in [6.07, 6.45) is 0. The number of aromatic nitrogens is 4. The highest BCUT2D eigenvalue weighted by molar-refractivity contribution is 5.70. The van der Waals surface area contributed by atoms with Crippen molar-refractivity contribution in [3.8, 4) is 0 Å². The lowest BCUT2D eigenvalue weighted by atomic mass is 10.2. The van der Waals surface area contributed by atoms with E-state index in [4.69, 9.17) is 0 Å². The van der Waals surface area contributed by atoms with Crippen molar-refractivity contribution in [2.75, 3.05) is 0 Å². The Bertz CT molecular complexity index is 833. The molecule has 2 heterocycles. The van der Waals surface area contributed by atoms with Crippen LogP contribution in [0, 0.1) is 19.7 Å². The van der Waals surface area contributed by atoms with Crippen LogP contribution < -0.4 is 5.56 Å². The van der Waals surface area contributed by atoms with E-state index in [0.29, 0.717) is 29.4 Å². The smallest absolute Gasteiger partial charge is 0.279 e. The standard InChI is InChI=1S/C14H13FN4O/c1-8-16-13-12(14(20)17-8)18-9(2)19(13)7-10-3-5-11(15)6-4-10/h3-6H,7H2,1-2H3,(H,16,17,20). The maximum Gasteiger partial charge on any atom is 0.279 e. The van der Waals surface area contributed by atoms with Gasteiger partial charge in [0.25, 0.3) is 5.56 Å². The molecule has 0 bridgehead atoms. The first-order valence-corrected chi connectivity index (χ1v) is 6.23. The number of imidazole rings is 1. The lowest BCUT2D eigenvalue weighted by Gasteiger charge is -2.06. The number of aromatic amines is 1. The molecular formula is C14H13FN4O. The number of H-pyrrole nitrogens is 1. The summed E-state index contributed by atoms with van der Waals surface area (Å²) in [5.74, 6) is 0.974. The normalized spacial score (nSPS) is 11.2. The van der Waals surface area contributed by atoms with E-state index >= 15 is 0 Å². The second kappa shape index (κ2) is 4.56. The zero-order chi connectivity index (χ0) is 14.3. The molecule has 5 nitrogen and oxygen atoms in total. The molecule has 20 heavy (non-hydrogen) atoms. The summed E-state index contributed by atoms with van der Waals surface area (Å²) < 4.78 is 14.8. The van der Waals surface area contributed by atoms with E-state index in [2.05, 4.69) is 15.0 Å². The molecule has 0 saturated carbocycles. The van der Waals surface area contributed by atoms with Gasteiger partial charge in [-0.15, -0.1) is 0 Å². The van der Waals surface area contributed by atoms with Crippen LogP contribution in [0.4, 0.5) is 4.39 Å². The highest BCUT2D eigenvalue weighted by Gasteiger charge is 2.12. The minimum atomic E-state index is -0.272. The van der Waals surface area contributed by atoms with Gasteiger partial charge in [0, 0.05) is 0 Å². The van der Waals surface area contributed by atoms with E-state index < -0.39 is 0 Å². The number of hydrogen-bond acceptors (Lipinski definition) is 3. The van der Waals surface area contributed by atoms with Gasteiger partial charge in [-0.1, -0.05) is 12.1 Å². The highest BCUT2D eigenvalue weighted by atomic mass is 19.1. The van der Waals surface area contributed by atoms with Crippen LogP contribution in [0.1, 0.15) is 17.2 Å². The van der Waals surface area contributed by atoms with Crippen molar-refractivity contribution < 1.29 is 4.39 Å². The molecule has 0 aliphatic carbocycles. The molecule has 0 amide bonds. The lowest BCUT2D eigenvalue weighted by Crippen LogP contribution is -2.11. The minimum Gasteiger partial charge on any atom is -0.309 e. The van der Waals surface area contributed by atoms with Crippen LogP contribution in [0.25, 0.3) is 11.2 Å². The molecule has 0 atom stereocenters. The molecule has 2 aromatic heterocycles. The highest BCUT2D eigenvalue weighted by Crippen LogP contribution is 2.13. The van der Waals surface area contributed by atoms with Crippen molar-refractivity contribution >= 4 is 11.2 Å². The summed E-state index contributed by atoms with van der Waals surface area (Å²) in [6, 6.07) is 6.24. The first kappa shape index (κ1) is 12.5.